The van der Waals surface area contributed by atoms with E-state index in [9.17, 15) is 9.59 Å². The van der Waals surface area contributed by atoms with Crippen LogP contribution in [0.15, 0.2) is 159 Å². The third kappa shape index (κ3) is 10.9. The molecule has 0 bridgehead atoms. The molecule has 0 saturated carbocycles. The minimum atomic E-state index is -0.274. The van der Waals surface area contributed by atoms with Gasteiger partial charge in [0.2, 0.25) is 23.7 Å². The number of nitrogens with zero attached hydrogens (tertiary/aromatic N) is 7. The molecule has 2 saturated heterocycles. The fraction of sp³-hybridized carbons (Fsp3) is 0.154. The first-order valence-electron chi connectivity index (χ1n) is 22.1. The monoisotopic (exact) mass is 887 g/mol. The van der Waals surface area contributed by atoms with Gasteiger partial charge in [0.1, 0.15) is 0 Å². The van der Waals surface area contributed by atoms with Crippen LogP contribution in [0.2, 0.25) is 0 Å². The zero-order valence-corrected chi connectivity index (χ0v) is 36.7. The largest absolute Gasteiger partial charge is 0.380 e. The van der Waals surface area contributed by atoms with Gasteiger partial charge in [0.15, 0.2) is 0 Å². The van der Waals surface area contributed by atoms with Crippen LogP contribution in [-0.4, -0.2) is 73.9 Å². The molecule has 2 aliphatic rings. The Hall–Kier alpha value is -8.56. The molecular formula is C52H49N13O2. The van der Waals surface area contributed by atoms with E-state index in [1.807, 2.05) is 72.8 Å². The van der Waals surface area contributed by atoms with Gasteiger partial charge in [-0.15, -0.1) is 0 Å². The Morgan fingerprint density at radius 3 is 1.55 bits per heavy atom. The van der Waals surface area contributed by atoms with Crippen molar-refractivity contribution in [2.24, 2.45) is 0 Å². The minimum Gasteiger partial charge on any atom is -0.380 e. The molecule has 15 heteroatoms. The second-order valence-electron chi connectivity index (χ2n) is 16.0. The van der Waals surface area contributed by atoms with Gasteiger partial charge >= 0.3 is 0 Å². The number of hydrogen-bond donors (Lipinski definition) is 6. The summed E-state index contributed by atoms with van der Waals surface area (Å²) in [6.45, 7) is 11.2. The van der Waals surface area contributed by atoms with Crippen LogP contribution >= 0.6 is 0 Å². The molecule has 2 fully saturated rings. The first kappa shape index (κ1) is 43.7. The van der Waals surface area contributed by atoms with Gasteiger partial charge < -0.3 is 36.8 Å². The molecule has 2 amide bonds. The van der Waals surface area contributed by atoms with Crippen molar-refractivity contribution < 1.29 is 9.59 Å². The molecule has 4 aromatic heterocycles. The topological polar surface area (TPSA) is 187 Å². The first-order valence-corrected chi connectivity index (χ1v) is 22.1. The molecule has 0 aliphatic carbocycles. The number of carbonyl (C=O) groups is 2. The van der Waals surface area contributed by atoms with Crippen LogP contribution in [0.5, 0.6) is 0 Å². The van der Waals surface area contributed by atoms with Crippen LogP contribution in [0, 0.1) is 0 Å². The number of nitrogens with one attached hydrogen (secondary N) is 6. The van der Waals surface area contributed by atoms with Crippen molar-refractivity contribution in [1.82, 2.24) is 35.2 Å². The van der Waals surface area contributed by atoms with Crippen molar-refractivity contribution in [1.29, 1.82) is 0 Å². The average molecular weight is 888 g/mol. The minimum absolute atomic E-state index is 0.268. The number of para-hydroxylation sites is 2. The molecule has 0 unspecified atom stereocenters. The van der Waals surface area contributed by atoms with Crippen molar-refractivity contribution in [3.8, 4) is 22.5 Å². The molecule has 2 aliphatic heterocycles. The zero-order valence-electron chi connectivity index (χ0n) is 36.7. The third-order valence-corrected chi connectivity index (χ3v) is 11.3. The molecule has 67 heavy (non-hydrogen) atoms. The van der Waals surface area contributed by atoms with Crippen LogP contribution in [0.1, 0.15) is 19.3 Å². The Morgan fingerprint density at radius 1 is 0.582 bits per heavy atom. The molecule has 334 valence electrons. The molecule has 6 N–H and O–H groups in total. The number of anilines is 8. The second kappa shape index (κ2) is 20.5. The number of benzene rings is 4. The number of pyridine rings is 2. The fourth-order valence-electron chi connectivity index (χ4n) is 7.79. The number of rotatable bonds is 13. The summed E-state index contributed by atoms with van der Waals surface area (Å²) < 4.78 is 0. The van der Waals surface area contributed by atoms with Crippen LogP contribution < -0.4 is 36.8 Å². The molecule has 10 rings (SSSR count). The van der Waals surface area contributed by atoms with Gasteiger partial charge in [-0.05, 0) is 104 Å². The highest BCUT2D eigenvalue weighted by Crippen LogP contribution is 2.31. The molecule has 0 spiro atoms. The zero-order chi connectivity index (χ0) is 46.0. The molecule has 4 aromatic carbocycles. The van der Waals surface area contributed by atoms with Gasteiger partial charge in [0.05, 0.1) is 28.5 Å². The van der Waals surface area contributed by atoms with E-state index in [1.165, 1.54) is 37.1 Å². The normalized spacial score (nSPS) is 13.3. The van der Waals surface area contributed by atoms with Gasteiger partial charge in [0.25, 0.3) is 0 Å². The van der Waals surface area contributed by atoms with Crippen LogP contribution in [0.25, 0.3) is 44.3 Å². The molecule has 0 atom stereocenters. The third-order valence-electron chi connectivity index (χ3n) is 11.3. The van der Waals surface area contributed by atoms with Crippen molar-refractivity contribution in [2.45, 2.75) is 25.3 Å². The number of aromatic nitrogens is 6. The van der Waals surface area contributed by atoms with Crippen molar-refractivity contribution in [3.05, 3.63) is 159 Å². The van der Waals surface area contributed by atoms with Gasteiger partial charge in [-0.2, -0.15) is 0 Å². The Bertz CT molecular complexity index is 3060. The summed E-state index contributed by atoms with van der Waals surface area (Å²) in [4.78, 5) is 53.3. The molecule has 0 radical (unpaired) electrons. The summed E-state index contributed by atoms with van der Waals surface area (Å²) in [6.07, 6.45) is 13.2. The number of hydrogen-bond acceptors (Lipinski definition) is 13. The Labute approximate surface area is 388 Å². The maximum atomic E-state index is 11.7. The molecular weight excluding hydrogens is 839 g/mol. The number of piperidine rings is 1. The highest BCUT2D eigenvalue weighted by molar-refractivity contribution is 6.01. The average Bonchev–Trinajstić information content (AvgIpc) is 3.36. The van der Waals surface area contributed by atoms with E-state index >= 15 is 0 Å². The van der Waals surface area contributed by atoms with Gasteiger partial charge in [-0.1, -0.05) is 49.6 Å². The Kier molecular flexibility index (Phi) is 13.4. The quantitative estimate of drug-likeness (QED) is 0.0602. The van der Waals surface area contributed by atoms with Crippen LogP contribution in [0.3, 0.4) is 0 Å². The SMILES string of the molecule is C=CC(=O)Nc1ccnc(-c2cccc3cnc(Nc4ccc(N5CCCCC5)cc4)nc23)c1.C=CC(=O)Nc1ccnc(-c2cccc3cnc(Nc4ccc(NC5CNC5)cc4)nc23)c1. The summed E-state index contributed by atoms with van der Waals surface area (Å²) >= 11 is 0. The van der Waals surface area contributed by atoms with E-state index in [4.69, 9.17) is 9.97 Å². The van der Waals surface area contributed by atoms with Crippen molar-refractivity contribution >= 4 is 79.6 Å². The predicted molar refractivity (Wildman–Crippen MR) is 269 cm³/mol. The van der Waals surface area contributed by atoms with E-state index in [0.29, 0.717) is 40.7 Å². The van der Waals surface area contributed by atoms with Gasteiger partial charge in [-0.25, -0.2) is 19.9 Å². The van der Waals surface area contributed by atoms with Crippen LogP contribution in [-0.2, 0) is 9.59 Å². The molecule has 8 aromatic rings. The lowest BCUT2D eigenvalue weighted by Crippen LogP contribution is -2.51. The fourth-order valence-corrected chi connectivity index (χ4v) is 7.79. The second-order valence-corrected chi connectivity index (χ2v) is 16.0. The molecule has 15 nitrogen and oxygen atoms in total. The summed E-state index contributed by atoms with van der Waals surface area (Å²) in [5.74, 6) is 0.469. The molecule has 6 heterocycles. The first-order chi connectivity index (χ1) is 32.9. The highest BCUT2D eigenvalue weighted by atomic mass is 16.2. The Balaban J connectivity index is 0.000000168. The lowest BCUT2D eigenvalue weighted by atomic mass is 10.1. The number of amides is 2. The van der Waals surface area contributed by atoms with Gasteiger partial charge in [0, 0.05) is 107 Å². The summed E-state index contributed by atoms with van der Waals surface area (Å²) in [7, 11) is 0. The number of carbonyl (C=O) groups excluding carboxylic acids is 2. The van der Waals surface area contributed by atoms with Gasteiger partial charge in [-0.3, -0.25) is 19.6 Å². The number of fused-ring (bicyclic) bond motifs is 2. The predicted octanol–water partition coefficient (Wildman–Crippen LogP) is 9.49. The van der Waals surface area contributed by atoms with Crippen molar-refractivity contribution in [2.75, 3.05) is 57.7 Å². The lowest BCUT2D eigenvalue weighted by molar-refractivity contribution is -0.112. The van der Waals surface area contributed by atoms with E-state index in [-0.39, 0.29) is 11.8 Å². The summed E-state index contributed by atoms with van der Waals surface area (Å²) in [6, 6.07) is 35.9. The maximum Gasteiger partial charge on any atom is 0.247 e. The van der Waals surface area contributed by atoms with Crippen LogP contribution in [0.4, 0.5) is 46.0 Å². The van der Waals surface area contributed by atoms with E-state index in [0.717, 1.165) is 76.2 Å². The smallest absolute Gasteiger partial charge is 0.247 e. The highest BCUT2D eigenvalue weighted by Gasteiger charge is 2.17. The van der Waals surface area contributed by atoms with E-state index in [1.54, 1.807) is 36.9 Å². The summed E-state index contributed by atoms with van der Waals surface area (Å²) in [5, 5.41) is 20.7. The Morgan fingerprint density at radius 2 is 1.07 bits per heavy atom. The summed E-state index contributed by atoms with van der Waals surface area (Å²) in [5.41, 5.74) is 10.1. The van der Waals surface area contributed by atoms with Crippen molar-refractivity contribution in [3.63, 3.8) is 0 Å². The lowest BCUT2D eigenvalue weighted by Gasteiger charge is -2.29. The standard InChI is InChI=1S/C27H26N6O.C25H23N7O/c1-2-25(34)30-21-13-14-28-24(17-21)23-8-6-7-19-18-29-27(32-26(19)23)31-20-9-11-22(12-10-20)33-15-4-3-5-16-33;1-2-23(33)30-19-10-11-27-22(12-19)21-5-3-4-16-13-28-25(32-24(16)21)31-18-8-6-17(7-9-18)29-20-14-26-15-20/h2,6-14,17-18H,1,3-5,15-16H2,(H,28,30,34)(H,29,31,32);2-13,20,26,29H,1,14-15H2,(H,27,30,33)(H,28,31,32). The maximum absolute atomic E-state index is 11.7. The van der Waals surface area contributed by atoms with E-state index in [2.05, 4.69) is 94.2 Å². The van der Waals surface area contributed by atoms with E-state index < -0.39 is 0 Å².